The van der Waals surface area contributed by atoms with Gasteiger partial charge in [-0.3, -0.25) is 14.7 Å². The van der Waals surface area contributed by atoms with Crippen molar-refractivity contribution in [2.75, 3.05) is 20.1 Å². The lowest BCUT2D eigenvalue weighted by Crippen LogP contribution is -2.43. The summed E-state index contributed by atoms with van der Waals surface area (Å²) in [5.41, 5.74) is 2.39. The molecule has 0 bridgehead atoms. The highest BCUT2D eigenvalue weighted by Crippen LogP contribution is 2.21. The third-order valence-corrected chi connectivity index (χ3v) is 4.62. The van der Waals surface area contributed by atoms with Crippen molar-refractivity contribution >= 4 is 5.91 Å². The number of carbonyl (C=O) groups excluding carboxylic acids is 1. The molecule has 1 fully saturated rings. The summed E-state index contributed by atoms with van der Waals surface area (Å²) in [6.07, 6.45) is 5.77. The summed E-state index contributed by atoms with van der Waals surface area (Å²) >= 11 is 0. The van der Waals surface area contributed by atoms with Crippen molar-refractivity contribution in [2.45, 2.75) is 25.9 Å². The molecule has 0 spiro atoms. The van der Waals surface area contributed by atoms with Crippen molar-refractivity contribution in [1.82, 2.24) is 14.8 Å². The number of amides is 1. The molecule has 1 saturated heterocycles. The van der Waals surface area contributed by atoms with E-state index in [1.54, 1.807) is 6.20 Å². The predicted octanol–water partition coefficient (Wildman–Crippen LogP) is 2.95. The summed E-state index contributed by atoms with van der Waals surface area (Å²) < 4.78 is 0. The number of hydrogen-bond acceptors (Lipinski definition) is 3. The first kappa shape index (κ1) is 16.7. The number of piperidine rings is 1. The van der Waals surface area contributed by atoms with Crippen LogP contribution in [0.3, 0.4) is 0 Å². The molecule has 1 aliphatic rings. The number of pyridine rings is 1. The first-order chi connectivity index (χ1) is 11.7. The number of rotatable bonds is 5. The van der Waals surface area contributed by atoms with E-state index in [1.165, 1.54) is 11.1 Å². The largest absolute Gasteiger partial charge is 0.341 e. The van der Waals surface area contributed by atoms with Crippen LogP contribution in [0.1, 0.15) is 24.0 Å². The zero-order valence-electron chi connectivity index (χ0n) is 14.3. The molecule has 0 aliphatic carbocycles. The summed E-state index contributed by atoms with van der Waals surface area (Å²) in [6.45, 7) is 3.45. The van der Waals surface area contributed by atoms with E-state index < -0.39 is 0 Å². The number of benzene rings is 1. The van der Waals surface area contributed by atoms with Gasteiger partial charge in [0, 0.05) is 39.1 Å². The molecule has 1 unspecified atom stereocenters. The van der Waals surface area contributed by atoms with Gasteiger partial charge in [-0.25, -0.2) is 0 Å². The Labute approximate surface area is 144 Å². The molecule has 1 aliphatic heterocycles. The molecule has 1 aromatic heterocycles. The summed E-state index contributed by atoms with van der Waals surface area (Å²) in [5.74, 6) is 0.360. The second kappa shape index (κ2) is 8.06. The van der Waals surface area contributed by atoms with E-state index in [4.69, 9.17) is 0 Å². The van der Waals surface area contributed by atoms with E-state index in [0.29, 0.717) is 6.54 Å². The van der Waals surface area contributed by atoms with Crippen molar-refractivity contribution in [3.05, 3.63) is 66.0 Å². The van der Waals surface area contributed by atoms with Crippen LogP contribution in [0, 0.1) is 5.92 Å². The molecule has 1 aromatic carbocycles. The van der Waals surface area contributed by atoms with Crippen LogP contribution in [0.5, 0.6) is 0 Å². The van der Waals surface area contributed by atoms with Crippen LogP contribution in [0.4, 0.5) is 0 Å². The quantitative estimate of drug-likeness (QED) is 0.849. The molecule has 3 rings (SSSR count). The molecule has 1 amide bonds. The SMILES string of the molecule is CN(Cc1ccccc1)C(=O)C1CCCN(Cc2cccnc2)C1. The highest BCUT2D eigenvalue weighted by atomic mass is 16.2. The van der Waals surface area contributed by atoms with Crippen LogP contribution in [-0.2, 0) is 17.9 Å². The number of likely N-dealkylation sites (tertiary alicyclic amines) is 1. The number of hydrogen-bond donors (Lipinski definition) is 0. The second-order valence-electron chi connectivity index (χ2n) is 6.62. The van der Waals surface area contributed by atoms with Crippen molar-refractivity contribution < 1.29 is 4.79 Å². The van der Waals surface area contributed by atoms with Crippen molar-refractivity contribution in [1.29, 1.82) is 0 Å². The first-order valence-electron chi connectivity index (χ1n) is 8.62. The van der Waals surface area contributed by atoms with E-state index in [0.717, 1.165) is 32.5 Å². The van der Waals surface area contributed by atoms with Gasteiger partial charge in [0.25, 0.3) is 0 Å². The minimum absolute atomic E-state index is 0.101. The van der Waals surface area contributed by atoms with Gasteiger partial charge in [0.2, 0.25) is 5.91 Å². The van der Waals surface area contributed by atoms with E-state index in [2.05, 4.69) is 28.1 Å². The third kappa shape index (κ3) is 4.42. The topological polar surface area (TPSA) is 36.4 Å². The van der Waals surface area contributed by atoms with E-state index >= 15 is 0 Å². The van der Waals surface area contributed by atoms with Crippen molar-refractivity contribution in [2.24, 2.45) is 5.92 Å². The smallest absolute Gasteiger partial charge is 0.227 e. The molecule has 1 atom stereocenters. The average Bonchev–Trinajstić information content (AvgIpc) is 2.63. The molecule has 126 valence electrons. The van der Waals surface area contributed by atoms with Gasteiger partial charge in [-0.15, -0.1) is 0 Å². The van der Waals surface area contributed by atoms with Gasteiger partial charge in [0.15, 0.2) is 0 Å². The molecule has 0 N–H and O–H groups in total. The molecule has 2 heterocycles. The van der Waals surface area contributed by atoms with Crippen LogP contribution in [0.15, 0.2) is 54.9 Å². The zero-order chi connectivity index (χ0) is 16.8. The molecule has 24 heavy (non-hydrogen) atoms. The fraction of sp³-hybridized carbons (Fsp3) is 0.400. The highest BCUT2D eigenvalue weighted by molar-refractivity contribution is 5.78. The van der Waals surface area contributed by atoms with Gasteiger partial charge in [-0.05, 0) is 36.6 Å². The standard InChI is InChI=1S/C20H25N3O/c1-22(14-17-7-3-2-4-8-17)20(24)19-10-6-12-23(16-19)15-18-9-5-11-21-13-18/h2-5,7-9,11,13,19H,6,10,12,14-16H2,1H3. The molecular weight excluding hydrogens is 298 g/mol. The predicted molar refractivity (Wildman–Crippen MR) is 95.2 cm³/mol. The summed E-state index contributed by atoms with van der Waals surface area (Å²) in [7, 11) is 1.91. The Kier molecular flexibility index (Phi) is 5.59. The number of aromatic nitrogens is 1. The molecule has 4 heteroatoms. The third-order valence-electron chi connectivity index (χ3n) is 4.62. The van der Waals surface area contributed by atoms with Crippen LogP contribution in [0.2, 0.25) is 0 Å². The number of nitrogens with zero attached hydrogens (tertiary/aromatic N) is 3. The van der Waals surface area contributed by atoms with Crippen LogP contribution in [-0.4, -0.2) is 40.8 Å². The molecule has 2 aromatic rings. The highest BCUT2D eigenvalue weighted by Gasteiger charge is 2.27. The summed E-state index contributed by atoms with van der Waals surface area (Å²) in [6, 6.07) is 14.2. The monoisotopic (exact) mass is 323 g/mol. The maximum atomic E-state index is 12.8. The first-order valence-corrected chi connectivity index (χ1v) is 8.62. The Morgan fingerprint density at radius 1 is 1.21 bits per heavy atom. The van der Waals surface area contributed by atoms with Gasteiger partial charge < -0.3 is 4.90 Å². The van der Waals surface area contributed by atoms with Crippen molar-refractivity contribution in [3.8, 4) is 0 Å². The number of carbonyl (C=O) groups is 1. The molecule has 0 saturated carbocycles. The van der Waals surface area contributed by atoms with Gasteiger partial charge in [-0.1, -0.05) is 36.4 Å². The van der Waals surface area contributed by atoms with Gasteiger partial charge in [0.05, 0.1) is 5.92 Å². The fourth-order valence-electron chi connectivity index (χ4n) is 3.40. The van der Waals surface area contributed by atoms with Gasteiger partial charge >= 0.3 is 0 Å². The maximum Gasteiger partial charge on any atom is 0.227 e. The fourth-order valence-corrected chi connectivity index (χ4v) is 3.40. The lowest BCUT2D eigenvalue weighted by molar-refractivity contribution is -0.136. The molecule has 4 nitrogen and oxygen atoms in total. The lowest BCUT2D eigenvalue weighted by atomic mass is 9.96. The second-order valence-corrected chi connectivity index (χ2v) is 6.62. The van der Waals surface area contributed by atoms with E-state index in [-0.39, 0.29) is 11.8 Å². The van der Waals surface area contributed by atoms with E-state index in [9.17, 15) is 4.79 Å². The summed E-state index contributed by atoms with van der Waals surface area (Å²) in [4.78, 5) is 21.2. The Bertz CT molecular complexity index is 644. The Morgan fingerprint density at radius 3 is 2.75 bits per heavy atom. The lowest BCUT2D eigenvalue weighted by Gasteiger charge is -2.34. The van der Waals surface area contributed by atoms with Gasteiger partial charge in [0.1, 0.15) is 0 Å². The van der Waals surface area contributed by atoms with Crippen molar-refractivity contribution in [3.63, 3.8) is 0 Å². The van der Waals surface area contributed by atoms with Crippen LogP contribution >= 0.6 is 0 Å². The normalized spacial score (nSPS) is 18.3. The minimum Gasteiger partial charge on any atom is -0.341 e. The van der Waals surface area contributed by atoms with Crippen LogP contribution < -0.4 is 0 Å². The van der Waals surface area contributed by atoms with Crippen LogP contribution in [0.25, 0.3) is 0 Å². The molecule has 0 radical (unpaired) electrons. The minimum atomic E-state index is 0.101. The maximum absolute atomic E-state index is 12.8. The summed E-state index contributed by atoms with van der Waals surface area (Å²) in [5, 5.41) is 0. The van der Waals surface area contributed by atoms with Gasteiger partial charge in [-0.2, -0.15) is 0 Å². The molecular formula is C20H25N3O. The zero-order valence-corrected chi connectivity index (χ0v) is 14.3. The van der Waals surface area contributed by atoms with E-state index in [1.807, 2.05) is 42.4 Å². The Hall–Kier alpha value is -2.20. The Balaban J connectivity index is 1.56. The Morgan fingerprint density at radius 2 is 2.00 bits per heavy atom. The average molecular weight is 323 g/mol.